The molecule has 0 aliphatic carbocycles. The number of aryl methyl sites for hydroxylation is 1. The van der Waals surface area contributed by atoms with Crippen molar-refractivity contribution in [2.75, 3.05) is 19.0 Å². The van der Waals surface area contributed by atoms with Crippen LogP contribution in [0.4, 0.5) is 14.5 Å². The van der Waals surface area contributed by atoms with Crippen LogP contribution in [0.5, 0.6) is 5.88 Å². The molecule has 11 heteroatoms. The number of fused-ring (bicyclic) bond motifs is 2. The zero-order chi connectivity index (χ0) is 28.5. The largest absolute Gasteiger partial charge is 0.471 e. The van der Waals surface area contributed by atoms with E-state index in [0.717, 1.165) is 0 Å². The Balaban J connectivity index is 1.43. The van der Waals surface area contributed by atoms with Gasteiger partial charge in [0.25, 0.3) is 11.8 Å². The number of halogens is 2. The lowest BCUT2D eigenvalue weighted by atomic mass is 10.0. The lowest BCUT2D eigenvalue weighted by molar-refractivity contribution is -0.117. The number of hydrogen-bond acceptors (Lipinski definition) is 6. The van der Waals surface area contributed by atoms with E-state index in [4.69, 9.17) is 9.47 Å². The van der Waals surface area contributed by atoms with Gasteiger partial charge in [0.15, 0.2) is 0 Å². The van der Waals surface area contributed by atoms with Crippen LogP contribution in [0, 0.1) is 11.6 Å². The van der Waals surface area contributed by atoms with E-state index in [-0.39, 0.29) is 41.1 Å². The normalized spacial score (nSPS) is 17.8. The number of hydrogen-bond donors (Lipinski definition) is 2. The summed E-state index contributed by atoms with van der Waals surface area (Å²) in [6, 6.07) is 19.3. The first-order valence-corrected chi connectivity index (χ1v) is 13.0. The Morgan fingerprint density at radius 1 is 1.05 bits per heavy atom. The third kappa shape index (κ3) is 4.95. The molecule has 6 rings (SSSR count). The van der Waals surface area contributed by atoms with Gasteiger partial charge in [-0.1, -0.05) is 54.6 Å². The molecule has 0 bridgehead atoms. The van der Waals surface area contributed by atoms with Crippen LogP contribution in [-0.2, 0) is 16.1 Å². The second kappa shape index (κ2) is 10.9. The second-order valence-electron chi connectivity index (χ2n) is 9.59. The van der Waals surface area contributed by atoms with E-state index in [1.54, 1.807) is 43.5 Å². The maximum Gasteiger partial charge on any atom is 0.269 e. The van der Waals surface area contributed by atoms with Gasteiger partial charge in [-0.15, -0.1) is 0 Å². The number of nitrogens with one attached hydrogen (secondary N) is 2. The number of benzodiazepines with no additional fused rings is 1. The van der Waals surface area contributed by atoms with E-state index >= 15 is 0 Å². The molecule has 2 aliphatic heterocycles. The van der Waals surface area contributed by atoms with Crippen LogP contribution in [0.25, 0.3) is 11.3 Å². The minimum absolute atomic E-state index is 0.0439. The van der Waals surface area contributed by atoms with Crippen molar-refractivity contribution in [2.45, 2.75) is 25.2 Å². The molecule has 9 nitrogen and oxygen atoms in total. The van der Waals surface area contributed by atoms with Gasteiger partial charge in [-0.25, -0.2) is 18.5 Å². The van der Waals surface area contributed by atoms with Crippen molar-refractivity contribution in [3.63, 3.8) is 0 Å². The molecule has 2 atom stereocenters. The van der Waals surface area contributed by atoms with Crippen molar-refractivity contribution in [1.29, 1.82) is 0 Å². The van der Waals surface area contributed by atoms with Crippen LogP contribution in [0.1, 0.15) is 27.9 Å². The minimum Gasteiger partial charge on any atom is -0.471 e. The minimum atomic E-state index is -1.45. The number of carbonyl (C=O) groups excluding carboxylic acids is 2. The molecule has 0 saturated heterocycles. The molecule has 2 N–H and O–H groups in total. The maximum atomic E-state index is 14.9. The van der Waals surface area contributed by atoms with E-state index < -0.39 is 29.6 Å². The predicted octanol–water partition coefficient (Wildman–Crippen LogP) is 4.17. The van der Waals surface area contributed by atoms with Gasteiger partial charge >= 0.3 is 0 Å². The zero-order valence-corrected chi connectivity index (χ0v) is 21.9. The van der Waals surface area contributed by atoms with Crippen molar-refractivity contribution in [2.24, 2.45) is 4.99 Å². The summed E-state index contributed by atoms with van der Waals surface area (Å²) in [6.07, 6.45) is -1.24. The van der Waals surface area contributed by atoms with Gasteiger partial charge in [0.2, 0.25) is 12.0 Å². The second-order valence-corrected chi connectivity index (χ2v) is 9.59. The van der Waals surface area contributed by atoms with Gasteiger partial charge in [0.1, 0.15) is 29.0 Å². The van der Waals surface area contributed by atoms with E-state index in [2.05, 4.69) is 20.7 Å². The summed E-state index contributed by atoms with van der Waals surface area (Å²) in [5.74, 6) is -2.60. The fourth-order valence-electron chi connectivity index (χ4n) is 4.97. The number of aromatic nitrogens is 2. The summed E-state index contributed by atoms with van der Waals surface area (Å²) in [4.78, 5) is 31.8. The monoisotopic (exact) mass is 557 g/mol. The van der Waals surface area contributed by atoms with Crippen molar-refractivity contribution in [3.8, 4) is 17.1 Å². The fourth-order valence-corrected chi connectivity index (χ4v) is 4.97. The smallest absolute Gasteiger partial charge is 0.269 e. The summed E-state index contributed by atoms with van der Waals surface area (Å²) in [5, 5.41) is 9.70. The number of aliphatic imine (C=N–C) groups is 1. The number of methoxy groups -OCH3 is 1. The van der Waals surface area contributed by atoms with Crippen LogP contribution in [0.3, 0.4) is 0 Å². The zero-order valence-electron chi connectivity index (χ0n) is 21.9. The number of nitrogens with zero attached hydrogens (tertiary/aromatic N) is 3. The van der Waals surface area contributed by atoms with Crippen LogP contribution < -0.4 is 15.4 Å². The molecule has 2 aliphatic rings. The molecule has 0 unspecified atom stereocenters. The Kier molecular flexibility index (Phi) is 7.02. The van der Waals surface area contributed by atoms with Crippen LogP contribution in [0.15, 0.2) is 77.8 Å². The first-order chi connectivity index (χ1) is 19.9. The highest BCUT2D eigenvalue weighted by Gasteiger charge is 2.35. The Labute approximate surface area is 233 Å². The van der Waals surface area contributed by atoms with Crippen LogP contribution in [-0.4, -0.2) is 53.3 Å². The number of anilines is 1. The Morgan fingerprint density at radius 2 is 1.78 bits per heavy atom. The lowest BCUT2D eigenvalue weighted by Crippen LogP contribution is -2.43. The highest BCUT2D eigenvalue weighted by molar-refractivity contribution is 6.20. The highest BCUT2D eigenvalue weighted by Crippen LogP contribution is 2.35. The molecular weight excluding hydrogens is 532 g/mol. The Hall–Kier alpha value is -4.90. The topological polar surface area (TPSA) is 107 Å². The Morgan fingerprint density at radius 3 is 2.56 bits per heavy atom. The maximum absolute atomic E-state index is 14.9. The quantitative estimate of drug-likeness (QED) is 0.370. The van der Waals surface area contributed by atoms with Gasteiger partial charge in [0.05, 0.1) is 18.0 Å². The summed E-state index contributed by atoms with van der Waals surface area (Å²) >= 11 is 0. The van der Waals surface area contributed by atoms with E-state index in [1.165, 1.54) is 35.0 Å². The number of rotatable bonds is 6. The van der Waals surface area contributed by atoms with Crippen molar-refractivity contribution >= 4 is 23.2 Å². The third-order valence-electron chi connectivity index (χ3n) is 6.89. The number of ether oxygens (including phenoxy) is 2. The molecule has 4 aromatic rings. The van der Waals surface area contributed by atoms with Gasteiger partial charge in [-0.2, -0.15) is 5.10 Å². The molecule has 3 aromatic carbocycles. The molecular formula is C30H25F2N5O4. The number of para-hydroxylation sites is 1. The molecule has 2 amide bonds. The van der Waals surface area contributed by atoms with Crippen LogP contribution in [0.2, 0.25) is 0 Å². The average Bonchev–Trinajstić information content (AvgIpc) is 3.29. The predicted molar refractivity (Wildman–Crippen MR) is 147 cm³/mol. The molecule has 0 radical (unpaired) electrons. The standard InChI is InChI=1S/C30H25F2N5O4/c1-40-16-18-14-15-37-30(41-18)23(26(36-37)19-10-5-6-12-21(19)31)28(38)35-27-29(39)34-25-20(11-7-13-22(25)32)24(33-27)17-8-3-2-4-9-17/h2-13,18,27H,14-16H2,1H3,(H,34,39)(H,35,38)/t18-,27+/m0/s1. The number of benzene rings is 3. The molecule has 0 fully saturated rings. The number of carbonyl (C=O) groups is 2. The van der Waals surface area contributed by atoms with E-state index in [0.29, 0.717) is 29.8 Å². The molecule has 3 heterocycles. The van der Waals surface area contributed by atoms with Gasteiger partial charge in [0, 0.05) is 36.8 Å². The fraction of sp³-hybridized carbons (Fsp3) is 0.200. The van der Waals surface area contributed by atoms with Crippen LogP contribution >= 0.6 is 0 Å². The Bertz CT molecular complexity index is 1670. The lowest BCUT2D eigenvalue weighted by Gasteiger charge is -2.24. The molecule has 0 spiro atoms. The van der Waals surface area contributed by atoms with Crippen molar-refractivity contribution < 1.29 is 27.8 Å². The summed E-state index contributed by atoms with van der Waals surface area (Å²) in [5.41, 5.74) is 1.36. The molecule has 41 heavy (non-hydrogen) atoms. The third-order valence-corrected chi connectivity index (χ3v) is 6.89. The SMILES string of the molecule is COC[C@@H]1CCn2nc(-c3ccccc3F)c(C(=O)N[C@H]3N=C(c4ccccc4)c4cccc(F)c4NC3=O)c2O1. The molecule has 0 saturated carbocycles. The van der Waals surface area contributed by atoms with Gasteiger partial charge in [-0.3, -0.25) is 9.59 Å². The number of amides is 2. The van der Waals surface area contributed by atoms with Gasteiger partial charge < -0.3 is 20.1 Å². The first-order valence-electron chi connectivity index (χ1n) is 13.0. The first kappa shape index (κ1) is 26.3. The summed E-state index contributed by atoms with van der Waals surface area (Å²) in [7, 11) is 1.54. The highest BCUT2D eigenvalue weighted by atomic mass is 19.1. The van der Waals surface area contributed by atoms with E-state index in [1.807, 2.05) is 6.07 Å². The van der Waals surface area contributed by atoms with Crippen molar-refractivity contribution in [1.82, 2.24) is 15.1 Å². The average molecular weight is 558 g/mol. The molecule has 1 aromatic heterocycles. The summed E-state index contributed by atoms with van der Waals surface area (Å²) in [6.45, 7) is 0.688. The van der Waals surface area contributed by atoms with Gasteiger partial charge in [-0.05, 0) is 18.2 Å². The molecule has 208 valence electrons. The summed E-state index contributed by atoms with van der Waals surface area (Å²) < 4.78 is 42.6. The van der Waals surface area contributed by atoms with Crippen molar-refractivity contribution in [3.05, 3.63) is 101 Å². The van der Waals surface area contributed by atoms with E-state index in [9.17, 15) is 18.4 Å².